The first kappa shape index (κ1) is 15.4. The zero-order valence-corrected chi connectivity index (χ0v) is 11.0. The Morgan fingerprint density at radius 2 is 2.00 bits per heavy atom. The number of rotatable bonds is 6. The minimum atomic E-state index is -1.03. The Labute approximate surface area is 111 Å². The number of nitrogens with zero attached hydrogens (tertiary/aromatic N) is 1. The van der Waals surface area contributed by atoms with Crippen molar-refractivity contribution in [1.82, 2.24) is 0 Å². The normalized spacial score (nSPS) is 26.7. The van der Waals surface area contributed by atoms with E-state index < -0.39 is 16.3 Å². The van der Waals surface area contributed by atoms with Crippen LogP contribution in [0.2, 0.25) is 0 Å². The molecule has 0 atom stereocenters. The smallest absolute Gasteiger partial charge is 0.308 e. The van der Waals surface area contributed by atoms with Crippen molar-refractivity contribution in [2.45, 2.75) is 39.0 Å². The van der Waals surface area contributed by atoms with Gasteiger partial charge in [0, 0.05) is 10.3 Å². The van der Waals surface area contributed by atoms with Crippen molar-refractivity contribution < 1.29 is 24.4 Å². The topological polar surface area (TPSA) is 107 Å². The summed E-state index contributed by atoms with van der Waals surface area (Å²) in [4.78, 5) is 32.7. The average Bonchev–Trinajstić information content (AvgIpc) is 2.27. The van der Waals surface area contributed by atoms with Crippen LogP contribution in [0.25, 0.3) is 0 Å². The summed E-state index contributed by atoms with van der Waals surface area (Å²) in [6.07, 6.45) is 1.46. The van der Waals surface area contributed by atoms with Crippen LogP contribution >= 0.6 is 0 Å². The Hall–Kier alpha value is -1.66. The first-order valence-electron chi connectivity index (χ1n) is 6.39. The number of carboxylic acids is 1. The summed E-state index contributed by atoms with van der Waals surface area (Å²) in [6.45, 7) is 1.68. The van der Waals surface area contributed by atoms with E-state index in [0.717, 1.165) is 0 Å². The first-order valence-corrected chi connectivity index (χ1v) is 6.39. The third kappa shape index (κ3) is 4.50. The van der Waals surface area contributed by atoms with Crippen LogP contribution in [0, 0.1) is 21.4 Å². The molecule has 7 nitrogen and oxygen atoms in total. The number of ether oxygens (including phenoxy) is 1. The zero-order valence-electron chi connectivity index (χ0n) is 11.0. The number of hydrogen-bond donors (Lipinski definition) is 1. The molecule has 0 bridgehead atoms. The largest absolute Gasteiger partial charge is 0.481 e. The number of carboxylic acid groups (broad SMARTS) is 1. The van der Waals surface area contributed by atoms with Gasteiger partial charge in [-0.25, -0.2) is 0 Å². The van der Waals surface area contributed by atoms with Gasteiger partial charge >= 0.3 is 11.9 Å². The van der Waals surface area contributed by atoms with Gasteiger partial charge in [-0.1, -0.05) is 0 Å². The lowest BCUT2D eigenvalue weighted by molar-refractivity contribution is -0.499. The summed E-state index contributed by atoms with van der Waals surface area (Å²) < 4.78 is 4.92. The van der Waals surface area contributed by atoms with Gasteiger partial charge in [0.05, 0.1) is 18.9 Å². The molecule has 1 aliphatic carbocycles. The molecule has 0 radical (unpaired) electrons. The van der Waals surface area contributed by atoms with Gasteiger partial charge in [-0.05, 0) is 32.6 Å². The molecule has 19 heavy (non-hydrogen) atoms. The van der Waals surface area contributed by atoms with Crippen LogP contribution in [-0.2, 0) is 14.3 Å². The van der Waals surface area contributed by atoms with E-state index in [1.54, 1.807) is 6.92 Å². The number of nitro groups is 1. The van der Waals surface area contributed by atoms with Crippen molar-refractivity contribution in [3.8, 4) is 0 Å². The number of carbonyl (C=O) groups excluding carboxylic acids is 1. The van der Waals surface area contributed by atoms with E-state index in [-0.39, 0.29) is 24.9 Å². The van der Waals surface area contributed by atoms with Crippen LogP contribution in [0.15, 0.2) is 0 Å². The third-order valence-electron chi connectivity index (χ3n) is 3.66. The number of hydrogen-bond acceptors (Lipinski definition) is 5. The van der Waals surface area contributed by atoms with Gasteiger partial charge in [-0.3, -0.25) is 19.7 Å². The number of carbonyl (C=O) groups is 2. The Bertz CT molecular complexity index is 341. The molecule has 0 aromatic carbocycles. The fraction of sp³-hybridized carbons (Fsp3) is 0.833. The lowest BCUT2D eigenvalue weighted by atomic mass is 9.68. The molecule has 0 amide bonds. The highest BCUT2D eigenvalue weighted by molar-refractivity contribution is 5.72. The van der Waals surface area contributed by atoms with Crippen molar-refractivity contribution in [2.24, 2.45) is 11.3 Å². The Morgan fingerprint density at radius 1 is 1.42 bits per heavy atom. The molecular weight excluding hydrogens is 254 g/mol. The predicted molar refractivity (Wildman–Crippen MR) is 65.1 cm³/mol. The maximum absolute atomic E-state index is 11.6. The molecule has 0 heterocycles. The second-order valence-corrected chi connectivity index (χ2v) is 5.09. The summed E-state index contributed by atoms with van der Waals surface area (Å²) in [5.74, 6) is -1.57. The molecule has 7 heteroatoms. The standard InChI is InChI=1S/C12H19NO6/c1-2-19-11(16)9-3-5-12(6-4-9,7-10(14)15)8-13(17)18/h9H,2-8H2,1H3,(H,14,15). The molecule has 0 aliphatic heterocycles. The minimum absolute atomic E-state index is 0.219. The average molecular weight is 273 g/mol. The fourth-order valence-electron chi connectivity index (χ4n) is 2.71. The lowest BCUT2D eigenvalue weighted by Gasteiger charge is -2.35. The van der Waals surface area contributed by atoms with Crippen LogP contribution in [0.1, 0.15) is 39.0 Å². The van der Waals surface area contributed by atoms with Gasteiger partial charge in [0.25, 0.3) is 0 Å². The SMILES string of the molecule is CCOC(=O)C1CCC(CC(=O)O)(C[N+](=O)[O-])CC1. The van der Waals surface area contributed by atoms with Crippen LogP contribution in [0.3, 0.4) is 0 Å². The van der Waals surface area contributed by atoms with Gasteiger partial charge in [-0.2, -0.15) is 0 Å². The summed E-state index contributed by atoms with van der Waals surface area (Å²) in [5, 5.41) is 19.6. The van der Waals surface area contributed by atoms with Gasteiger partial charge in [0.1, 0.15) is 0 Å². The number of aliphatic carboxylic acids is 1. The molecular formula is C12H19NO6. The van der Waals surface area contributed by atoms with Gasteiger partial charge in [0.15, 0.2) is 0 Å². The molecule has 0 aromatic rings. The molecule has 108 valence electrons. The summed E-state index contributed by atoms with van der Waals surface area (Å²) in [5.41, 5.74) is -0.821. The Morgan fingerprint density at radius 3 is 2.42 bits per heavy atom. The van der Waals surface area contributed by atoms with E-state index in [4.69, 9.17) is 9.84 Å². The van der Waals surface area contributed by atoms with Crippen molar-refractivity contribution in [3.63, 3.8) is 0 Å². The molecule has 1 aliphatic rings. The second-order valence-electron chi connectivity index (χ2n) is 5.09. The molecule has 0 aromatic heterocycles. The molecule has 1 rings (SSSR count). The molecule has 1 saturated carbocycles. The van der Waals surface area contributed by atoms with Crippen LogP contribution < -0.4 is 0 Å². The lowest BCUT2D eigenvalue weighted by Crippen LogP contribution is -2.38. The second kappa shape index (κ2) is 6.49. The van der Waals surface area contributed by atoms with Crippen molar-refractivity contribution >= 4 is 11.9 Å². The maximum Gasteiger partial charge on any atom is 0.308 e. The summed E-state index contributed by atoms with van der Waals surface area (Å²) in [6, 6.07) is 0. The van der Waals surface area contributed by atoms with E-state index in [0.29, 0.717) is 32.3 Å². The highest BCUT2D eigenvalue weighted by Crippen LogP contribution is 2.42. The highest BCUT2D eigenvalue weighted by Gasteiger charge is 2.43. The van der Waals surface area contributed by atoms with Gasteiger partial charge in [0.2, 0.25) is 6.54 Å². The quantitative estimate of drug-likeness (QED) is 0.446. The number of esters is 1. The molecule has 1 fully saturated rings. The molecule has 0 spiro atoms. The van der Waals surface area contributed by atoms with Crippen LogP contribution in [0.4, 0.5) is 0 Å². The first-order chi connectivity index (χ1) is 8.88. The van der Waals surface area contributed by atoms with Crippen molar-refractivity contribution in [2.75, 3.05) is 13.2 Å². The van der Waals surface area contributed by atoms with Gasteiger partial charge < -0.3 is 9.84 Å². The predicted octanol–water partition coefficient (Wildman–Crippen LogP) is 1.48. The maximum atomic E-state index is 11.6. The molecule has 1 N–H and O–H groups in total. The Balaban J connectivity index is 2.65. The van der Waals surface area contributed by atoms with Crippen LogP contribution in [0.5, 0.6) is 0 Å². The fourth-order valence-corrected chi connectivity index (χ4v) is 2.71. The van der Waals surface area contributed by atoms with E-state index in [1.807, 2.05) is 0 Å². The molecule has 0 unspecified atom stereocenters. The van der Waals surface area contributed by atoms with E-state index in [2.05, 4.69) is 0 Å². The van der Waals surface area contributed by atoms with E-state index >= 15 is 0 Å². The van der Waals surface area contributed by atoms with Crippen molar-refractivity contribution in [3.05, 3.63) is 10.1 Å². The monoisotopic (exact) mass is 273 g/mol. The van der Waals surface area contributed by atoms with E-state index in [1.165, 1.54) is 0 Å². The van der Waals surface area contributed by atoms with Crippen LogP contribution in [-0.4, -0.2) is 35.1 Å². The summed E-state index contributed by atoms with van der Waals surface area (Å²) >= 11 is 0. The van der Waals surface area contributed by atoms with Gasteiger partial charge in [-0.15, -0.1) is 0 Å². The Kier molecular flexibility index (Phi) is 5.26. The minimum Gasteiger partial charge on any atom is -0.481 e. The van der Waals surface area contributed by atoms with Crippen molar-refractivity contribution in [1.29, 1.82) is 0 Å². The molecule has 0 saturated heterocycles. The van der Waals surface area contributed by atoms with E-state index in [9.17, 15) is 19.7 Å². The zero-order chi connectivity index (χ0) is 14.5. The summed E-state index contributed by atoms with van der Waals surface area (Å²) in [7, 11) is 0. The third-order valence-corrected chi connectivity index (χ3v) is 3.66. The highest BCUT2D eigenvalue weighted by atomic mass is 16.6.